The van der Waals surface area contributed by atoms with Crippen molar-refractivity contribution in [2.45, 2.75) is 83.2 Å². The molecule has 0 unspecified atom stereocenters. The molecule has 0 amide bonds. The molecule has 0 spiro atoms. The zero-order valence-electron chi connectivity index (χ0n) is 43.8. The molecular formula is C68H56F3N5. The number of rotatable bonds is 4. The van der Waals surface area contributed by atoms with Gasteiger partial charge in [0.25, 0.3) is 0 Å². The van der Waals surface area contributed by atoms with Gasteiger partial charge in [-0.3, -0.25) is 0 Å². The van der Waals surface area contributed by atoms with Gasteiger partial charge in [0.15, 0.2) is 0 Å². The number of benzene rings is 9. The highest BCUT2D eigenvalue weighted by Crippen LogP contribution is 2.68. The molecule has 0 N–H and O–H groups in total. The van der Waals surface area contributed by atoms with E-state index in [1.807, 2.05) is 163 Å². The Morgan fingerprint density at radius 2 is 0.500 bits per heavy atom. The molecular weight excluding hydrogens is 944 g/mol. The Bertz CT molecular complexity index is 3750. The third-order valence-corrected chi connectivity index (χ3v) is 17.2. The lowest BCUT2D eigenvalue weighted by atomic mass is 9.72. The summed E-state index contributed by atoms with van der Waals surface area (Å²) in [7, 11) is 0. The van der Waals surface area contributed by atoms with Crippen molar-refractivity contribution in [2.75, 3.05) is 19.6 Å². The fraction of sp³-hybridized carbons (Fsp3) is 0.191. The molecule has 9 aromatic rings. The lowest BCUT2D eigenvalue weighted by molar-refractivity contribution is -0.136. The Kier molecular flexibility index (Phi) is 10.1. The third-order valence-electron chi connectivity index (χ3n) is 17.2. The van der Waals surface area contributed by atoms with Gasteiger partial charge in [-0.2, -0.15) is 18.4 Å². The fourth-order valence-electron chi connectivity index (χ4n) is 13.6. The first kappa shape index (κ1) is 47.2. The summed E-state index contributed by atoms with van der Waals surface area (Å²) in [4.78, 5) is 7.80. The second kappa shape index (κ2) is 16.2. The molecule has 0 saturated carbocycles. The van der Waals surface area contributed by atoms with Gasteiger partial charge in [-0.25, -0.2) is 0 Å². The maximum Gasteiger partial charge on any atom is 0.420 e. The number of halogens is 3. The van der Waals surface area contributed by atoms with Gasteiger partial charge in [-0.15, -0.1) is 0 Å². The smallest absolute Gasteiger partial charge is 0.308 e. The highest BCUT2D eigenvalue weighted by atomic mass is 19.4. The number of nitrogens with zero attached hydrogens (tertiary/aromatic N) is 5. The van der Waals surface area contributed by atoms with E-state index in [0.29, 0.717) is 39.8 Å². The lowest BCUT2D eigenvalue weighted by Gasteiger charge is -2.50. The SMILES string of the molecule is CC1(C)c2ccccc2N(c2c(C#N)c(N3c4ccccc4C(C)(C)c4ccccc43)c(C(F)(F)F)c(N3c4ccccc4C(C)(C)c4ccccc43)c2N2c3ccccc3C(C)(C)c3ccccc32)c2ccccc21. The Morgan fingerprint density at radius 1 is 0.303 bits per heavy atom. The topological polar surface area (TPSA) is 36.8 Å². The van der Waals surface area contributed by atoms with Gasteiger partial charge in [-0.1, -0.05) is 201 Å². The first-order valence-electron chi connectivity index (χ1n) is 26.1. The molecule has 8 heteroatoms. The van der Waals surface area contributed by atoms with Crippen LogP contribution in [-0.2, 0) is 27.8 Å². The summed E-state index contributed by atoms with van der Waals surface area (Å²) >= 11 is 0. The summed E-state index contributed by atoms with van der Waals surface area (Å²) in [6.45, 7) is 17.3. The van der Waals surface area contributed by atoms with Crippen LogP contribution in [-0.4, -0.2) is 0 Å². The van der Waals surface area contributed by atoms with Crippen molar-refractivity contribution < 1.29 is 13.2 Å². The normalized spacial score (nSPS) is 16.7. The largest absolute Gasteiger partial charge is 0.420 e. The summed E-state index contributed by atoms with van der Waals surface area (Å²) in [5, 5.41) is 12.6. The summed E-state index contributed by atoms with van der Waals surface area (Å²) in [5.74, 6) is 0. The zero-order valence-corrected chi connectivity index (χ0v) is 43.8. The van der Waals surface area contributed by atoms with E-state index in [0.717, 1.165) is 55.9 Å². The van der Waals surface area contributed by atoms with Crippen molar-refractivity contribution in [2.24, 2.45) is 0 Å². The Labute approximate surface area is 443 Å². The van der Waals surface area contributed by atoms with Crippen molar-refractivity contribution >= 4 is 68.2 Å². The van der Waals surface area contributed by atoms with Crippen LogP contribution in [0.25, 0.3) is 0 Å². The zero-order chi connectivity index (χ0) is 52.8. The van der Waals surface area contributed by atoms with Gasteiger partial charge in [0.05, 0.1) is 68.2 Å². The Hall–Kier alpha value is -8.54. The van der Waals surface area contributed by atoms with E-state index >= 15 is 13.2 Å². The van der Waals surface area contributed by atoms with Gasteiger partial charge in [0.1, 0.15) is 17.2 Å². The lowest BCUT2D eigenvalue weighted by Crippen LogP contribution is -2.37. The predicted octanol–water partition coefficient (Wildman–Crippen LogP) is 19.0. The highest BCUT2D eigenvalue weighted by molar-refractivity contribution is 6.12. The molecule has 4 aliphatic rings. The second-order valence-corrected chi connectivity index (χ2v) is 22.7. The van der Waals surface area contributed by atoms with Crippen LogP contribution in [0.2, 0.25) is 0 Å². The standard InChI is InChI=1S/C68H56F3N5/c1-64(2)43-25-9-17-33-51(43)73(52-34-18-10-26-44(52)64)60-42(41-72)61(74-53-35-19-11-27-45(53)65(3,4)46-28-12-20-36-54(46)74)63(76-57-39-23-15-31-49(57)67(7,8)50-32-16-24-40-58(50)76)62(59(60)68(69,70)71)75-55-37-21-13-29-47(55)66(5,6)48-30-14-22-38-56(48)75/h9-40H,1-8H3. The molecule has 5 nitrogen and oxygen atoms in total. The number of alkyl halides is 3. The van der Waals surface area contributed by atoms with Crippen molar-refractivity contribution in [3.63, 3.8) is 0 Å². The quantitative estimate of drug-likeness (QED) is 0.176. The minimum Gasteiger partial charge on any atom is -0.308 e. The summed E-state index contributed by atoms with van der Waals surface area (Å²) < 4.78 is 55.1. The fourth-order valence-corrected chi connectivity index (χ4v) is 13.6. The van der Waals surface area contributed by atoms with E-state index in [1.54, 1.807) is 4.90 Å². The van der Waals surface area contributed by atoms with E-state index in [-0.39, 0.29) is 22.6 Å². The molecule has 0 radical (unpaired) electrons. The van der Waals surface area contributed by atoms with E-state index < -0.39 is 33.4 Å². The third kappa shape index (κ3) is 6.32. The van der Waals surface area contributed by atoms with Crippen LogP contribution in [0, 0.1) is 11.3 Å². The van der Waals surface area contributed by atoms with Crippen LogP contribution in [0.15, 0.2) is 194 Å². The Morgan fingerprint density at radius 3 is 0.724 bits per heavy atom. The molecule has 4 heterocycles. The van der Waals surface area contributed by atoms with E-state index in [1.165, 1.54) is 0 Å². The monoisotopic (exact) mass is 999 g/mol. The molecule has 0 saturated heterocycles. The molecule has 0 aliphatic carbocycles. The van der Waals surface area contributed by atoms with Crippen LogP contribution >= 0.6 is 0 Å². The number of nitriles is 1. The van der Waals surface area contributed by atoms with Crippen LogP contribution < -0.4 is 19.6 Å². The maximum atomic E-state index is 18.4. The molecule has 0 bridgehead atoms. The van der Waals surface area contributed by atoms with Gasteiger partial charge >= 0.3 is 6.18 Å². The first-order chi connectivity index (χ1) is 36.4. The average Bonchev–Trinajstić information content (AvgIpc) is 3.61. The summed E-state index contributed by atoms with van der Waals surface area (Å²) in [5.41, 5.74) is 9.28. The maximum absolute atomic E-state index is 18.4. The van der Waals surface area contributed by atoms with Crippen LogP contribution in [0.5, 0.6) is 0 Å². The van der Waals surface area contributed by atoms with E-state index in [9.17, 15) is 5.26 Å². The molecule has 374 valence electrons. The number of hydrogen-bond donors (Lipinski definition) is 0. The van der Waals surface area contributed by atoms with Crippen molar-refractivity contribution in [1.29, 1.82) is 5.26 Å². The number of fused-ring (bicyclic) bond motifs is 8. The summed E-state index contributed by atoms with van der Waals surface area (Å²) in [6.07, 6.45) is -5.09. The van der Waals surface area contributed by atoms with Crippen LogP contribution in [0.3, 0.4) is 0 Å². The Balaban J connectivity index is 1.35. The van der Waals surface area contributed by atoms with Crippen molar-refractivity contribution in [3.05, 3.63) is 250 Å². The minimum atomic E-state index is -5.09. The summed E-state index contributed by atoms with van der Waals surface area (Å²) in [6, 6.07) is 66.4. The second-order valence-electron chi connectivity index (χ2n) is 22.7. The molecule has 4 aliphatic heterocycles. The van der Waals surface area contributed by atoms with Gasteiger partial charge in [0, 0.05) is 21.7 Å². The average molecular weight is 1000 g/mol. The van der Waals surface area contributed by atoms with Gasteiger partial charge < -0.3 is 19.6 Å². The predicted molar refractivity (Wildman–Crippen MR) is 303 cm³/mol. The molecule has 9 aromatic carbocycles. The molecule has 0 atom stereocenters. The van der Waals surface area contributed by atoms with Crippen LogP contribution in [0.1, 0.15) is 111 Å². The molecule has 76 heavy (non-hydrogen) atoms. The van der Waals surface area contributed by atoms with Gasteiger partial charge in [0.2, 0.25) is 0 Å². The highest BCUT2D eigenvalue weighted by Gasteiger charge is 2.53. The van der Waals surface area contributed by atoms with Crippen molar-refractivity contribution in [1.82, 2.24) is 0 Å². The molecule has 13 rings (SSSR count). The van der Waals surface area contributed by atoms with Crippen LogP contribution in [0.4, 0.5) is 81.4 Å². The van der Waals surface area contributed by atoms with E-state index in [4.69, 9.17) is 0 Å². The minimum absolute atomic E-state index is 0.101. The number of hydrogen-bond acceptors (Lipinski definition) is 5. The number of anilines is 12. The van der Waals surface area contributed by atoms with E-state index in [2.05, 4.69) is 108 Å². The van der Waals surface area contributed by atoms with Gasteiger partial charge in [-0.05, 0) is 93.0 Å². The molecule has 0 fully saturated rings. The van der Waals surface area contributed by atoms with Crippen molar-refractivity contribution in [3.8, 4) is 6.07 Å². The molecule has 0 aromatic heterocycles. The number of para-hydroxylation sites is 8. The first-order valence-corrected chi connectivity index (χ1v) is 26.1.